The zero-order valence-corrected chi connectivity index (χ0v) is 12.1. The number of benzene rings is 1. The first-order valence-electron chi connectivity index (χ1n) is 6.75. The van der Waals surface area contributed by atoms with Gasteiger partial charge in [-0.1, -0.05) is 18.2 Å². The fraction of sp³-hybridized carbons (Fsp3) is 0.375. The molecule has 0 aliphatic rings. The molecule has 1 amide bonds. The molecule has 4 nitrogen and oxygen atoms in total. The van der Waals surface area contributed by atoms with Gasteiger partial charge in [-0.3, -0.25) is 4.98 Å². The van der Waals surface area contributed by atoms with Gasteiger partial charge in [0.1, 0.15) is 5.60 Å². The molecule has 0 saturated carbocycles. The number of fused-ring (bicyclic) bond motifs is 1. The Balaban J connectivity index is 1.95. The van der Waals surface area contributed by atoms with E-state index in [1.165, 1.54) is 5.56 Å². The molecule has 1 heterocycles. The molecule has 0 radical (unpaired) electrons. The number of carbonyl (C=O) groups is 1. The predicted octanol–water partition coefficient (Wildman–Crippen LogP) is 3.30. The average molecular weight is 272 g/mol. The van der Waals surface area contributed by atoms with Gasteiger partial charge in [-0.15, -0.1) is 0 Å². The molecule has 0 fully saturated rings. The third-order valence-corrected chi connectivity index (χ3v) is 2.80. The number of nitrogens with one attached hydrogen (secondary N) is 1. The van der Waals surface area contributed by atoms with E-state index in [-0.39, 0.29) is 6.09 Å². The van der Waals surface area contributed by atoms with Crippen LogP contribution in [0.2, 0.25) is 0 Å². The predicted molar refractivity (Wildman–Crippen MR) is 79.7 cm³/mol. The summed E-state index contributed by atoms with van der Waals surface area (Å²) >= 11 is 0. The van der Waals surface area contributed by atoms with Gasteiger partial charge in [-0.05, 0) is 44.9 Å². The molecule has 0 unspecified atom stereocenters. The molecule has 0 saturated heterocycles. The molecular weight excluding hydrogens is 252 g/mol. The highest BCUT2D eigenvalue weighted by Crippen LogP contribution is 2.16. The van der Waals surface area contributed by atoms with Gasteiger partial charge in [0, 0.05) is 18.1 Å². The fourth-order valence-corrected chi connectivity index (χ4v) is 2.00. The second kappa shape index (κ2) is 5.90. The Labute approximate surface area is 119 Å². The summed E-state index contributed by atoms with van der Waals surface area (Å²) in [5, 5.41) is 3.90. The quantitative estimate of drug-likeness (QED) is 0.932. The molecule has 2 rings (SSSR count). The van der Waals surface area contributed by atoms with E-state index in [9.17, 15) is 4.79 Å². The minimum atomic E-state index is -0.465. The molecule has 0 atom stereocenters. The number of amides is 1. The highest BCUT2D eigenvalue weighted by atomic mass is 16.6. The number of hydrogen-bond acceptors (Lipinski definition) is 3. The van der Waals surface area contributed by atoms with Gasteiger partial charge in [0.15, 0.2) is 0 Å². The highest BCUT2D eigenvalue weighted by molar-refractivity contribution is 5.82. The van der Waals surface area contributed by atoms with Crippen LogP contribution in [0.3, 0.4) is 0 Å². The Morgan fingerprint density at radius 1 is 1.25 bits per heavy atom. The average Bonchev–Trinajstić information content (AvgIpc) is 2.37. The summed E-state index contributed by atoms with van der Waals surface area (Å²) in [5.74, 6) is 0. The van der Waals surface area contributed by atoms with Crippen molar-refractivity contribution < 1.29 is 9.53 Å². The summed E-state index contributed by atoms with van der Waals surface area (Å²) in [6.45, 7) is 6.10. The molecule has 1 aromatic heterocycles. The Hall–Kier alpha value is -2.10. The van der Waals surface area contributed by atoms with Crippen LogP contribution in [0.1, 0.15) is 26.3 Å². The lowest BCUT2D eigenvalue weighted by molar-refractivity contribution is 0.0528. The monoisotopic (exact) mass is 272 g/mol. The van der Waals surface area contributed by atoms with E-state index in [1.807, 2.05) is 45.0 Å². The minimum Gasteiger partial charge on any atom is -0.444 e. The molecule has 0 aliphatic heterocycles. The number of hydrogen-bond donors (Lipinski definition) is 1. The van der Waals surface area contributed by atoms with Crippen molar-refractivity contribution in [1.29, 1.82) is 0 Å². The van der Waals surface area contributed by atoms with Crippen molar-refractivity contribution in [2.45, 2.75) is 32.8 Å². The Morgan fingerprint density at radius 3 is 2.80 bits per heavy atom. The molecule has 1 aromatic carbocycles. The van der Waals surface area contributed by atoms with Crippen molar-refractivity contribution >= 4 is 17.0 Å². The minimum absolute atomic E-state index is 0.379. The van der Waals surface area contributed by atoms with Gasteiger partial charge >= 0.3 is 6.09 Å². The van der Waals surface area contributed by atoms with Crippen LogP contribution in [-0.2, 0) is 11.2 Å². The third kappa shape index (κ3) is 3.95. The Kier molecular flexibility index (Phi) is 4.23. The van der Waals surface area contributed by atoms with E-state index in [1.54, 1.807) is 6.20 Å². The lowest BCUT2D eigenvalue weighted by atomic mass is 10.1. The molecule has 0 bridgehead atoms. The van der Waals surface area contributed by atoms with Crippen LogP contribution < -0.4 is 5.32 Å². The largest absolute Gasteiger partial charge is 0.444 e. The Morgan fingerprint density at radius 2 is 2.05 bits per heavy atom. The summed E-state index contributed by atoms with van der Waals surface area (Å²) in [6.07, 6.45) is 2.16. The summed E-state index contributed by atoms with van der Waals surface area (Å²) in [5.41, 5.74) is 1.68. The smallest absolute Gasteiger partial charge is 0.407 e. The number of alkyl carbamates (subject to hydrolysis) is 1. The van der Waals surface area contributed by atoms with E-state index in [0.717, 1.165) is 17.3 Å². The number of carbonyl (C=O) groups excluding carboxylic acids is 1. The van der Waals surface area contributed by atoms with Crippen molar-refractivity contribution in [1.82, 2.24) is 10.3 Å². The number of ether oxygens (including phenoxy) is 1. The lowest BCUT2D eigenvalue weighted by Gasteiger charge is -2.19. The van der Waals surface area contributed by atoms with Crippen molar-refractivity contribution in [3.8, 4) is 0 Å². The molecule has 1 N–H and O–H groups in total. The number of aromatic nitrogens is 1. The lowest BCUT2D eigenvalue weighted by Crippen LogP contribution is -2.33. The van der Waals surface area contributed by atoms with Gasteiger partial charge in [-0.2, -0.15) is 0 Å². The van der Waals surface area contributed by atoms with E-state index in [2.05, 4.69) is 16.4 Å². The summed E-state index contributed by atoms with van der Waals surface area (Å²) in [4.78, 5) is 15.9. The normalized spacial score (nSPS) is 11.3. The first kappa shape index (κ1) is 14.3. The van der Waals surface area contributed by atoms with Gasteiger partial charge in [-0.25, -0.2) is 4.79 Å². The van der Waals surface area contributed by atoms with Crippen LogP contribution >= 0.6 is 0 Å². The van der Waals surface area contributed by atoms with Crippen LogP contribution in [0.4, 0.5) is 4.79 Å². The first-order chi connectivity index (χ1) is 9.46. The molecule has 0 aliphatic carbocycles. The van der Waals surface area contributed by atoms with Crippen molar-refractivity contribution in [3.05, 3.63) is 42.1 Å². The van der Waals surface area contributed by atoms with Gasteiger partial charge in [0.05, 0.1) is 5.52 Å². The van der Waals surface area contributed by atoms with E-state index in [4.69, 9.17) is 4.74 Å². The van der Waals surface area contributed by atoms with Crippen LogP contribution in [0, 0.1) is 0 Å². The standard InChI is InChI=1S/C16H20N2O2/c1-16(2,3)20-15(19)18-11-9-12-6-4-8-14-13(12)7-5-10-17-14/h4-8,10H,9,11H2,1-3H3,(H,18,19). The second-order valence-electron chi connectivity index (χ2n) is 5.67. The van der Waals surface area contributed by atoms with Crippen LogP contribution in [0.5, 0.6) is 0 Å². The van der Waals surface area contributed by atoms with Gasteiger partial charge in [0.25, 0.3) is 0 Å². The van der Waals surface area contributed by atoms with Crippen molar-refractivity contribution in [3.63, 3.8) is 0 Å². The van der Waals surface area contributed by atoms with Crippen LogP contribution in [0.15, 0.2) is 36.5 Å². The maximum Gasteiger partial charge on any atom is 0.407 e. The van der Waals surface area contributed by atoms with Gasteiger partial charge < -0.3 is 10.1 Å². The summed E-state index contributed by atoms with van der Waals surface area (Å²) < 4.78 is 5.20. The number of rotatable bonds is 3. The molecule has 106 valence electrons. The third-order valence-electron chi connectivity index (χ3n) is 2.80. The second-order valence-corrected chi connectivity index (χ2v) is 5.67. The first-order valence-corrected chi connectivity index (χ1v) is 6.75. The van der Waals surface area contributed by atoms with E-state index in [0.29, 0.717) is 6.54 Å². The summed E-state index contributed by atoms with van der Waals surface area (Å²) in [6, 6.07) is 10.00. The zero-order valence-electron chi connectivity index (χ0n) is 12.1. The SMILES string of the molecule is CC(C)(C)OC(=O)NCCc1cccc2ncccc12. The highest BCUT2D eigenvalue weighted by Gasteiger charge is 2.15. The molecule has 20 heavy (non-hydrogen) atoms. The molecule has 0 spiro atoms. The topological polar surface area (TPSA) is 51.2 Å². The zero-order chi connectivity index (χ0) is 14.6. The number of nitrogens with zero attached hydrogens (tertiary/aromatic N) is 1. The number of pyridine rings is 1. The van der Waals surface area contributed by atoms with E-state index >= 15 is 0 Å². The fourth-order valence-electron chi connectivity index (χ4n) is 2.00. The van der Waals surface area contributed by atoms with Crippen molar-refractivity contribution in [2.75, 3.05) is 6.54 Å². The maximum absolute atomic E-state index is 11.6. The molecular formula is C16H20N2O2. The van der Waals surface area contributed by atoms with Gasteiger partial charge in [0.2, 0.25) is 0 Å². The van der Waals surface area contributed by atoms with Crippen molar-refractivity contribution in [2.24, 2.45) is 0 Å². The van der Waals surface area contributed by atoms with Crippen LogP contribution in [0.25, 0.3) is 10.9 Å². The molecule has 4 heteroatoms. The maximum atomic E-state index is 11.6. The van der Waals surface area contributed by atoms with E-state index < -0.39 is 5.60 Å². The molecule has 2 aromatic rings. The Bertz CT molecular complexity index is 597. The van der Waals surface area contributed by atoms with Crippen LogP contribution in [-0.4, -0.2) is 23.2 Å². The summed E-state index contributed by atoms with van der Waals surface area (Å²) in [7, 11) is 0.